The molecule has 0 aromatic carbocycles. The van der Waals surface area contributed by atoms with E-state index in [1.54, 1.807) is 6.92 Å². The fraction of sp³-hybridized carbons (Fsp3) is 0.538. The SMILES string of the molecule is CCOC(=O)CC(C=S)=C1OC2CC(=O)N2C1C(=O)OC. The number of fused-ring (bicyclic) bond motifs is 1. The first-order valence-electron chi connectivity index (χ1n) is 6.43. The maximum absolute atomic E-state index is 11.9. The topological polar surface area (TPSA) is 82.1 Å². The minimum absolute atomic E-state index is 0.116. The van der Waals surface area contributed by atoms with Crippen molar-refractivity contribution in [2.75, 3.05) is 13.7 Å². The molecule has 2 aliphatic rings. The lowest BCUT2D eigenvalue weighted by Crippen LogP contribution is -2.55. The summed E-state index contributed by atoms with van der Waals surface area (Å²) in [6.45, 7) is 1.93. The summed E-state index contributed by atoms with van der Waals surface area (Å²) in [6.07, 6.45) is -0.417. The zero-order valence-corrected chi connectivity index (χ0v) is 12.5. The number of carbonyl (C=O) groups excluding carboxylic acids is 3. The summed E-state index contributed by atoms with van der Waals surface area (Å²) in [5.41, 5.74) is 0.348. The number of hydrogen-bond acceptors (Lipinski definition) is 7. The predicted octanol–water partition coefficient (Wildman–Crippen LogP) is 0.324. The van der Waals surface area contributed by atoms with Crippen molar-refractivity contribution in [1.29, 1.82) is 0 Å². The third-order valence-electron chi connectivity index (χ3n) is 3.26. The second kappa shape index (κ2) is 6.21. The van der Waals surface area contributed by atoms with Gasteiger partial charge in [0.2, 0.25) is 5.91 Å². The van der Waals surface area contributed by atoms with Crippen LogP contribution in [0.2, 0.25) is 0 Å². The summed E-state index contributed by atoms with van der Waals surface area (Å²) in [5.74, 6) is -1.11. The van der Waals surface area contributed by atoms with Gasteiger partial charge in [-0.2, -0.15) is 0 Å². The van der Waals surface area contributed by atoms with E-state index in [1.807, 2.05) is 0 Å². The van der Waals surface area contributed by atoms with E-state index in [-0.39, 0.29) is 31.1 Å². The molecule has 2 atom stereocenters. The summed E-state index contributed by atoms with van der Waals surface area (Å²) >= 11 is 4.89. The zero-order chi connectivity index (χ0) is 15.6. The first kappa shape index (κ1) is 15.4. The number of thiocarbonyl (C=S) groups is 1. The van der Waals surface area contributed by atoms with E-state index < -0.39 is 24.2 Å². The van der Waals surface area contributed by atoms with E-state index in [0.29, 0.717) is 5.57 Å². The van der Waals surface area contributed by atoms with Crippen molar-refractivity contribution in [2.24, 2.45) is 0 Å². The number of hydrogen-bond donors (Lipinski definition) is 0. The van der Waals surface area contributed by atoms with Gasteiger partial charge >= 0.3 is 11.9 Å². The van der Waals surface area contributed by atoms with Crippen LogP contribution in [0.25, 0.3) is 0 Å². The van der Waals surface area contributed by atoms with Gasteiger partial charge in [-0.3, -0.25) is 14.5 Å². The molecule has 0 bridgehead atoms. The van der Waals surface area contributed by atoms with Gasteiger partial charge in [-0.25, -0.2) is 4.79 Å². The lowest BCUT2D eigenvalue weighted by atomic mass is 10.0. The standard InChI is InChI=1S/C13H15NO6S/c1-3-19-10(16)4-7(6-21)12-11(13(17)18-2)14-8(15)5-9(14)20-12/h6,9,11H,3-5H2,1-2H3. The largest absolute Gasteiger partial charge is 0.471 e. The van der Waals surface area contributed by atoms with Crippen LogP contribution in [0.3, 0.4) is 0 Å². The highest BCUT2D eigenvalue weighted by molar-refractivity contribution is 7.79. The van der Waals surface area contributed by atoms with Gasteiger partial charge in [0, 0.05) is 10.9 Å². The van der Waals surface area contributed by atoms with Crippen molar-refractivity contribution < 1.29 is 28.6 Å². The number of rotatable bonds is 5. The number of methoxy groups -OCH3 is 1. The van der Waals surface area contributed by atoms with Gasteiger partial charge in [0.1, 0.15) is 5.76 Å². The van der Waals surface area contributed by atoms with E-state index in [9.17, 15) is 14.4 Å². The fourth-order valence-electron chi connectivity index (χ4n) is 2.29. The number of esters is 2. The molecule has 8 heteroatoms. The molecular weight excluding hydrogens is 298 g/mol. The Morgan fingerprint density at radius 1 is 1.52 bits per heavy atom. The van der Waals surface area contributed by atoms with Gasteiger partial charge in [-0.1, -0.05) is 12.2 Å². The van der Waals surface area contributed by atoms with Crippen molar-refractivity contribution in [3.63, 3.8) is 0 Å². The Morgan fingerprint density at radius 3 is 2.76 bits per heavy atom. The molecule has 2 rings (SSSR count). The molecule has 7 nitrogen and oxygen atoms in total. The Hall–Kier alpha value is -1.96. The van der Waals surface area contributed by atoms with Crippen molar-refractivity contribution in [3.8, 4) is 0 Å². The molecule has 0 aliphatic carbocycles. The smallest absolute Gasteiger partial charge is 0.336 e. The molecule has 2 fully saturated rings. The molecule has 0 aromatic rings. The minimum Gasteiger partial charge on any atom is -0.471 e. The quantitative estimate of drug-likeness (QED) is 0.313. The molecule has 1 amide bonds. The van der Waals surface area contributed by atoms with Gasteiger partial charge in [0.25, 0.3) is 0 Å². The average molecular weight is 313 g/mol. The molecule has 0 spiro atoms. The molecule has 0 N–H and O–H groups in total. The van der Waals surface area contributed by atoms with Gasteiger partial charge in [-0.15, -0.1) is 0 Å². The van der Waals surface area contributed by atoms with E-state index in [0.717, 1.165) is 0 Å². The molecular formula is C13H15NO6S. The van der Waals surface area contributed by atoms with E-state index in [2.05, 4.69) is 0 Å². The summed E-state index contributed by atoms with van der Waals surface area (Å²) in [5, 5.41) is 1.26. The third kappa shape index (κ3) is 2.76. The minimum atomic E-state index is -0.982. The molecule has 2 aliphatic heterocycles. The van der Waals surface area contributed by atoms with Crippen molar-refractivity contribution in [3.05, 3.63) is 11.3 Å². The molecule has 0 saturated carbocycles. The third-order valence-corrected chi connectivity index (χ3v) is 3.54. The molecule has 2 unspecified atom stereocenters. The molecule has 21 heavy (non-hydrogen) atoms. The number of ether oxygens (including phenoxy) is 3. The maximum Gasteiger partial charge on any atom is 0.336 e. The van der Waals surface area contributed by atoms with Gasteiger partial charge < -0.3 is 14.2 Å². The predicted molar refractivity (Wildman–Crippen MR) is 74.1 cm³/mol. The summed E-state index contributed by atoms with van der Waals surface area (Å²) < 4.78 is 15.1. The van der Waals surface area contributed by atoms with Crippen LogP contribution < -0.4 is 0 Å². The van der Waals surface area contributed by atoms with Crippen LogP contribution in [0.5, 0.6) is 0 Å². The summed E-state index contributed by atoms with van der Waals surface area (Å²) in [7, 11) is 1.22. The van der Waals surface area contributed by atoms with Crippen LogP contribution >= 0.6 is 12.2 Å². The Morgan fingerprint density at radius 2 is 2.24 bits per heavy atom. The molecule has 2 heterocycles. The monoisotopic (exact) mass is 313 g/mol. The molecule has 0 aromatic heterocycles. The van der Waals surface area contributed by atoms with Gasteiger partial charge in [0.15, 0.2) is 12.3 Å². The van der Waals surface area contributed by atoms with E-state index >= 15 is 0 Å². The number of nitrogens with zero attached hydrogens (tertiary/aromatic N) is 1. The fourth-order valence-corrected chi connectivity index (χ4v) is 2.48. The van der Waals surface area contributed by atoms with Crippen LogP contribution in [0, 0.1) is 0 Å². The number of amides is 1. The number of carbonyl (C=O) groups is 3. The lowest BCUT2D eigenvalue weighted by molar-refractivity contribution is -0.164. The highest BCUT2D eigenvalue weighted by Crippen LogP contribution is 2.38. The Kier molecular flexibility index (Phi) is 4.56. The van der Waals surface area contributed by atoms with Gasteiger partial charge in [-0.05, 0) is 6.92 Å². The van der Waals surface area contributed by atoms with E-state index in [4.69, 9.17) is 26.4 Å². The van der Waals surface area contributed by atoms with E-state index in [1.165, 1.54) is 17.4 Å². The van der Waals surface area contributed by atoms with Crippen molar-refractivity contribution in [2.45, 2.75) is 32.0 Å². The first-order valence-corrected chi connectivity index (χ1v) is 6.90. The molecule has 0 radical (unpaired) electrons. The zero-order valence-electron chi connectivity index (χ0n) is 11.7. The van der Waals surface area contributed by atoms with Crippen LogP contribution in [0.4, 0.5) is 0 Å². The Labute approximate surface area is 126 Å². The van der Waals surface area contributed by atoms with Crippen LogP contribution in [0.15, 0.2) is 11.3 Å². The second-order valence-corrected chi connectivity index (χ2v) is 4.73. The Bertz CT molecular complexity index is 529. The second-order valence-electron chi connectivity index (χ2n) is 4.49. The normalized spacial score (nSPS) is 25.4. The van der Waals surface area contributed by atoms with Crippen molar-refractivity contribution in [1.82, 2.24) is 4.90 Å². The Balaban J connectivity index is 2.31. The summed E-state index contributed by atoms with van der Waals surface area (Å²) in [4.78, 5) is 36.4. The lowest BCUT2D eigenvalue weighted by Gasteiger charge is -2.33. The average Bonchev–Trinajstić information content (AvgIpc) is 2.77. The highest BCUT2D eigenvalue weighted by Gasteiger charge is 2.54. The van der Waals surface area contributed by atoms with Crippen LogP contribution in [0.1, 0.15) is 19.8 Å². The molecule has 114 valence electrons. The maximum atomic E-state index is 11.9. The van der Waals surface area contributed by atoms with Crippen molar-refractivity contribution >= 4 is 35.4 Å². The summed E-state index contributed by atoms with van der Waals surface area (Å²) in [6, 6.07) is -0.982. The molecule has 2 saturated heterocycles. The van der Waals surface area contributed by atoms with Crippen LogP contribution in [-0.2, 0) is 28.6 Å². The number of β-lactam (4-membered cyclic amide) rings is 1. The first-order chi connectivity index (χ1) is 10.0. The van der Waals surface area contributed by atoms with Crippen LogP contribution in [-0.4, -0.2) is 54.1 Å². The van der Waals surface area contributed by atoms with Gasteiger partial charge in [0.05, 0.1) is 26.6 Å². The highest BCUT2D eigenvalue weighted by atomic mass is 32.1.